The van der Waals surface area contributed by atoms with Crippen LogP contribution in [0.3, 0.4) is 0 Å². The van der Waals surface area contributed by atoms with Gasteiger partial charge in [-0.15, -0.1) is 0 Å². The number of fused-ring (bicyclic) bond motifs is 2. The molecule has 0 spiro atoms. The van der Waals surface area contributed by atoms with Gasteiger partial charge in [-0.3, -0.25) is 9.59 Å². The average Bonchev–Trinajstić information content (AvgIpc) is 2.44. The first-order valence-electron chi connectivity index (χ1n) is 7.61. The van der Waals surface area contributed by atoms with Crippen LogP contribution in [0.4, 0.5) is 0 Å². The highest BCUT2D eigenvalue weighted by Gasteiger charge is 2.29. The maximum Gasteiger partial charge on any atom is 0.282 e. The van der Waals surface area contributed by atoms with Gasteiger partial charge in [0.05, 0.1) is 43.1 Å². The summed E-state index contributed by atoms with van der Waals surface area (Å²) in [6, 6.07) is 0. The second-order valence-electron chi connectivity index (χ2n) is 7.66. The lowest BCUT2D eigenvalue weighted by Crippen LogP contribution is -2.38. The zero-order chi connectivity index (χ0) is 17.9. The summed E-state index contributed by atoms with van der Waals surface area (Å²) in [6.07, 6.45) is 3.38. The predicted molar refractivity (Wildman–Crippen MR) is 95.2 cm³/mol. The number of hydrogen-bond donors (Lipinski definition) is 0. The molecule has 0 aliphatic carbocycles. The van der Waals surface area contributed by atoms with Crippen molar-refractivity contribution in [2.75, 3.05) is 0 Å². The highest BCUT2D eigenvalue weighted by Crippen LogP contribution is 2.44. The maximum atomic E-state index is 12.8. The molecule has 1 aliphatic heterocycles. The lowest BCUT2D eigenvalue weighted by molar-refractivity contribution is 0.329. The molecule has 3 heterocycles. The minimum absolute atomic E-state index is 0.165. The third-order valence-electron chi connectivity index (χ3n) is 3.50. The van der Waals surface area contributed by atoms with Crippen molar-refractivity contribution in [2.24, 2.45) is 0 Å². The Bertz CT molecular complexity index is 858. The Kier molecular flexibility index (Phi) is 3.95. The zero-order valence-electron chi connectivity index (χ0n) is 14.6. The first-order valence-corrected chi connectivity index (χ1v) is 9.25. The van der Waals surface area contributed by atoms with Gasteiger partial charge in [0.25, 0.3) is 11.1 Å². The van der Waals surface area contributed by atoms with Gasteiger partial charge in [-0.05, 0) is 41.5 Å². The topological polar surface area (TPSA) is 69.8 Å². The molecule has 0 N–H and O–H groups in total. The average molecular weight is 364 g/mol. The molecular weight excluding hydrogens is 344 g/mol. The van der Waals surface area contributed by atoms with Gasteiger partial charge in [0.2, 0.25) is 0 Å². The highest BCUT2D eigenvalue weighted by atomic mass is 32.2. The van der Waals surface area contributed by atoms with Crippen LogP contribution in [0.1, 0.15) is 41.5 Å². The van der Waals surface area contributed by atoms with Crippen molar-refractivity contribution in [3.8, 4) is 0 Å². The van der Waals surface area contributed by atoms with E-state index in [2.05, 4.69) is 10.2 Å². The Morgan fingerprint density at radius 1 is 0.750 bits per heavy atom. The molecule has 24 heavy (non-hydrogen) atoms. The number of nitrogens with zero attached hydrogens (tertiary/aromatic N) is 4. The Morgan fingerprint density at radius 2 is 1.12 bits per heavy atom. The van der Waals surface area contributed by atoms with E-state index in [0.717, 1.165) is 9.79 Å². The molecule has 2 aromatic rings. The van der Waals surface area contributed by atoms with Gasteiger partial charge in [0, 0.05) is 0 Å². The third kappa shape index (κ3) is 2.82. The molecule has 2 aromatic heterocycles. The van der Waals surface area contributed by atoms with Crippen LogP contribution in [-0.4, -0.2) is 19.6 Å². The molecule has 0 fully saturated rings. The van der Waals surface area contributed by atoms with Gasteiger partial charge in [-0.25, -0.2) is 9.36 Å². The number of aromatic nitrogens is 4. The van der Waals surface area contributed by atoms with Crippen molar-refractivity contribution in [3.05, 3.63) is 33.1 Å². The molecule has 0 amide bonds. The van der Waals surface area contributed by atoms with E-state index in [1.807, 2.05) is 41.5 Å². The van der Waals surface area contributed by atoms with Crippen molar-refractivity contribution in [2.45, 2.75) is 72.2 Å². The summed E-state index contributed by atoms with van der Waals surface area (Å²) in [6.45, 7) is 11.6. The third-order valence-corrected chi connectivity index (χ3v) is 6.01. The molecule has 0 saturated heterocycles. The zero-order valence-corrected chi connectivity index (χ0v) is 16.2. The van der Waals surface area contributed by atoms with Gasteiger partial charge in [-0.1, -0.05) is 23.5 Å². The summed E-state index contributed by atoms with van der Waals surface area (Å²) in [5.74, 6) is 0. The molecule has 0 aromatic carbocycles. The van der Waals surface area contributed by atoms with E-state index in [-0.39, 0.29) is 11.1 Å². The van der Waals surface area contributed by atoms with Crippen LogP contribution in [0.15, 0.2) is 41.6 Å². The Hall–Kier alpha value is -1.54. The first-order chi connectivity index (χ1) is 11.0. The molecule has 0 radical (unpaired) electrons. The molecule has 0 saturated carbocycles. The molecular formula is C16H20N4O2S2. The second kappa shape index (κ2) is 5.49. The molecule has 0 atom stereocenters. The molecule has 0 unspecified atom stereocenters. The van der Waals surface area contributed by atoms with E-state index < -0.39 is 11.1 Å². The SMILES string of the molecule is CC(C)(C)n1ncc2c(c1=O)Sc1c(cnn(C(C)(C)C)c1=O)S2. The van der Waals surface area contributed by atoms with Crippen LogP contribution in [0, 0.1) is 0 Å². The Morgan fingerprint density at radius 3 is 1.46 bits per heavy atom. The number of hydrogen-bond acceptors (Lipinski definition) is 6. The Labute approximate surface area is 148 Å². The quantitative estimate of drug-likeness (QED) is 0.611. The first kappa shape index (κ1) is 17.3. The smallest absolute Gasteiger partial charge is 0.266 e. The van der Waals surface area contributed by atoms with Gasteiger partial charge < -0.3 is 0 Å². The summed E-state index contributed by atoms with van der Waals surface area (Å²) in [5, 5.41) is 8.56. The van der Waals surface area contributed by atoms with E-state index in [0.29, 0.717) is 9.79 Å². The number of rotatable bonds is 0. The lowest BCUT2D eigenvalue weighted by Gasteiger charge is -2.25. The van der Waals surface area contributed by atoms with Gasteiger partial charge in [-0.2, -0.15) is 10.2 Å². The fraction of sp³-hybridized carbons (Fsp3) is 0.500. The fourth-order valence-electron chi connectivity index (χ4n) is 2.36. The molecule has 6 nitrogen and oxygen atoms in total. The molecule has 8 heteroatoms. The van der Waals surface area contributed by atoms with Crippen molar-refractivity contribution >= 4 is 23.5 Å². The van der Waals surface area contributed by atoms with Crippen LogP contribution in [0.25, 0.3) is 0 Å². The fourth-order valence-corrected chi connectivity index (χ4v) is 4.51. The largest absolute Gasteiger partial charge is 0.282 e. The predicted octanol–water partition coefficient (Wildman–Crippen LogP) is 2.93. The molecule has 128 valence electrons. The van der Waals surface area contributed by atoms with Crippen LogP contribution in [0.5, 0.6) is 0 Å². The van der Waals surface area contributed by atoms with E-state index in [1.54, 1.807) is 12.4 Å². The summed E-state index contributed by atoms with van der Waals surface area (Å²) in [7, 11) is 0. The molecule has 0 bridgehead atoms. The van der Waals surface area contributed by atoms with Gasteiger partial charge in [0.15, 0.2) is 0 Å². The standard InChI is InChI=1S/C16H20N4O2S2/c1-15(2,3)19-13(21)11-9(7-17-19)23-10-8-18-20(16(4,5)6)14(22)12(10)24-11/h7-8H,1-6H3. The second-order valence-corrected chi connectivity index (χ2v) is 9.76. The molecule has 1 aliphatic rings. The monoisotopic (exact) mass is 364 g/mol. The Balaban J connectivity index is 2.18. The van der Waals surface area contributed by atoms with Crippen LogP contribution < -0.4 is 11.1 Å². The summed E-state index contributed by atoms with van der Waals surface area (Å²) in [4.78, 5) is 28.3. The van der Waals surface area contributed by atoms with Crippen molar-refractivity contribution < 1.29 is 0 Å². The lowest BCUT2D eigenvalue weighted by atomic mass is 10.1. The minimum Gasteiger partial charge on any atom is -0.266 e. The van der Waals surface area contributed by atoms with Crippen molar-refractivity contribution in [3.63, 3.8) is 0 Å². The van der Waals surface area contributed by atoms with Crippen LogP contribution >= 0.6 is 23.5 Å². The van der Waals surface area contributed by atoms with Gasteiger partial charge >= 0.3 is 0 Å². The maximum absolute atomic E-state index is 12.8. The van der Waals surface area contributed by atoms with Crippen molar-refractivity contribution in [1.82, 2.24) is 19.6 Å². The highest BCUT2D eigenvalue weighted by molar-refractivity contribution is 8.05. The van der Waals surface area contributed by atoms with Crippen LogP contribution in [-0.2, 0) is 11.1 Å². The van der Waals surface area contributed by atoms with E-state index in [1.165, 1.54) is 32.9 Å². The van der Waals surface area contributed by atoms with E-state index in [9.17, 15) is 9.59 Å². The van der Waals surface area contributed by atoms with Crippen LogP contribution in [0.2, 0.25) is 0 Å². The van der Waals surface area contributed by atoms with E-state index >= 15 is 0 Å². The normalized spacial score (nSPS) is 14.2. The molecule has 3 rings (SSSR count). The summed E-state index contributed by atoms with van der Waals surface area (Å²) in [5.41, 5.74) is -1.16. The van der Waals surface area contributed by atoms with Crippen molar-refractivity contribution in [1.29, 1.82) is 0 Å². The van der Waals surface area contributed by atoms with E-state index in [4.69, 9.17) is 0 Å². The summed E-state index contributed by atoms with van der Waals surface area (Å²) < 4.78 is 2.93. The minimum atomic E-state index is -0.415. The summed E-state index contributed by atoms with van der Waals surface area (Å²) >= 11 is 2.61. The van der Waals surface area contributed by atoms with Gasteiger partial charge in [0.1, 0.15) is 0 Å².